The molecule has 0 spiro atoms. The van der Waals surface area contributed by atoms with E-state index in [-0.39, 0.29) is 42.2 Å². The molecule has 1 aromatic carbocycles. The number of halogens is 5. The number of alkyl halides is 3. The van der Waals surface area contributed by atoms with Gasteiger partial charge in [0, 0.05) is 23.7 Å². The van der Waals surface area contributed by atoms with Crippen molar-refractivity contribution in [3.8, 4) is 0 Å². The van der Waals surface area contributed by atoms with Gasteiger partial charge in [-0.3, -0.25) is 0 Å². The summed E-state index contributed by atoms with van der Waals surface area (Å²) in [4.78, 5) is 2.06. The van der Waals surface area contributed by atoms with Gasteiger partial charge in [0.05, 0.1) is 5.56 Å². The number of hydrogen-bond donors (Lipinski definition) is 1. The van der Waals surface area contributed by atoms with E-state index in [2.05, 4.69) is 30.1 Å². The topological polar surface area (TPSA) is 24.5 Å². The maximum atomic E-state index is 13.2. The second-order valence-corrected chi connectivity index (χ2v) is 8.64. The number of nitrogens with one attached hydrogen (secondary N) is 1. The minimum atomic E-state index is -4.32. The molecule has 2 aliphatic rings. The Kier molecular flexibility index (Phi) is 9.15. The van der Waals surface area contributed by atoms with E-state index in [0.29, 0.717) is 6.61 Å². The summed E-state index contributed by atoms with van der Waals surface area (Å²) in [6.07, 6.45) is 1.29. The second-order valence-electron chi connectivity index (χ2n) is 8.64. The van der Waals surface area contributed by atoms with Crippen LogP contribution >= 0.6 is 24.8 Å². The second kappa shape index (κ2) is 10.3. The molecule has 0 radical (unpaired) electrons. The largest absolute Gasteiger partial charge is 0.493 e. The van der Waals surface area contributed by atoms with Gasteiger partial charge >= 0.3 is 6.18 Å². The zero-order valence-electron chi connectivity index (χ0n) is 17.8. The standard InChI is InChI=1S/C22H29F3N2O.2ClH/c1-21(2)14-19(15-6-5-7-16(12-15)22(23,24)25)18-9-8-17(13-20(18)26-21)28-11-10-27(3)4;;/h5-8,12-13,18-19,26H,9-11,14H2,1-4H3;2*1H. The van der Waals surface area contributed by atoms with Gasteiger partial charge in [0.15, 0.2) is 0 Å². The van der Waals surface area contributed by atoms with Crippen LogP contribution in [0.3, 0.4) is 0 Å². The van der Waals surface area contributed by atoms with E-state index in [9.17, 15) is 13.2 Å². The summed E-state index contributed by atoms with van der Waals surface area (Å²) in [7, 11) is 4.00. The Balaban J connectivity index is 0.00000225. The highest BCUT2D eigenvalue weighted by molar-refractivity contribution is 5.85. The van der Waals surface area contributed by atoms with Gasteiger partial charge in [-0.25, -0.2) is 0 Å². The van der Waals surface area contributed by atoms with Gasteiger partial charge in [-0.1, -0.05) is 18.2 Å². The lowest BCUT2D eigenvalue weighted by Crippen LogP contribution is -2.48. The Hall–Kier alpha value is -1.37. The van der Waals surface area contributed by atoms with E-state index in [1.807, 2.05) is 26.2 Å². The molecule has 1 N–H and O–H groups in total. The predicted molar refractivity (Wildman–Crippen MR) is 119 cm³/mol. The summed E-state index contributed by atoms with van der Waals surface area (Å²) >= 11 is 0. The van der Waals surface area contributed by atoms with Gasteiger partial charge in [-0.05, 0) is 70.5 Å². The van der Waals surface area contributed by atoms with Crippen LogP contribution in [0.5, 0.6) is 0 Å². The molecule has 8 heteroatoms. The molecule has 1 fully saturated rings. The number of nitrogens with zero attached hydrogens (tertiary/aromatic N) is 1. The fourth-order valence-corrected chi connectivity index (χ4v) is 4.08. The van der Waals surface area contributed by atoms with E-state index in [4.69, 9.17) is 4.74 Å². The van der Waals surface area contributed by atoms with Crippen molar-refractivity contribution in [2.45, 2.75) is 44.3 Å². The van der Waals surface area contributed by atoms with E-state index in [1.54, 1.807) is 0 Å². The molecule has 2 atom stereocenters. The average Bonchev–Trinajstić information content (AvgIpc) is 2.59. The van der Waals surface area contributed by atoms with Crippen LogP contribution in [0.1, 0.15) is 43.7 Å². The van der Waals surface area contributed by atoms with Crippen molar-refractivity contribution >= 4 is 24.8 Å². The summed E-state index contributed by atoms with van der Waals surface area (Å²) < 4.78 is 45.5. The molecular formula is C22H31Cl2F3N2O. The molecule has 1 aliphatic heterocycles. The van der Waals surface area contributed by atoms with Crippen molar-refractivity contribution < 1.29 is 17.9 Å². The monoisotopic (exact) mass is 466 g/mol. The molecule has 30 heavy (non-hydrogen) atoms. The Morgan fingerprint density at radius 1 is 1.17 bits per heavy atom. The third kappa shape index (κ3) is 6.56. The Morgan fingerprint density at radius 2 is 1.87 bits per heavy atom. The smallest absolute Gasteiger partial charge is 0.416 e. The Labute approximate surface area is 189 Å². The normalized spacial score (nSPS) is 22.5. The average molecular weight is 467 g/mol. The van der Waals surface area contributed by atoms with Crippen LogP contribution in [0, 0.1) is 5.92 Å². The molecule has 2 unspecified atom stereocenters. The lowest BCUT2D eigenvalue weighted by Gasteiger charge is -2.45. The number of hydrogen-bond acceptors (Lipinski definition) is 3. The van der Waals surface area contributed by atoms with Crippen molar-refractivity contribution in [3.63, 3.8) is 0 Å². The summed E-state index contributed by atoms with van der Waals surface area (Å²) in [5, 5.41) is 3.58. The van der Waals surface area contributed by atoms with Gasteiger partial charge in [-0.2, -0.15) is 13.2 Å². The van der Waals surface area contributed by atoms with Gasteiger partial charge in [0.1, 0.15) is 12.4 Å². The SMILES string of the molecule is CN(C)CCOC1=CCC2C(=C1)NC(C)(C)CC2c1cccc(C(F)(F)F)c1.Cl.Cl. The zero-order valence-corrected chi connectivity index (χ0v) is 19.4. The lowest BCUT2D eigenvalue weighted by molar-refractivity contribution is -0.137. The third-order valence-electron chi connectivity index (χ3n) is 5.42. The first kappa shape index (κ1) is 26.7. The van der Waals surface area contributed by atoms with Gasteiger partial charge in [0.2, 0.25) is 0 Å². The van der Waals surface area contributed by atoms with Crippen molar-refractivity contribution in [3.05, 3.63) is 59.0 Å². The fourth-order valence-electron chi connectivity index (χ4n) is 4.08. The first-order chi connectivity index (χ1) is 13.0. The van der Waals surface area contributed by atoms with Crippen molar-refractivity contribution in [2.24, 2.45) is 5.92 Å². The molecule has 3 rings (SSSR count). The molecule has 3 nitrogen and oxygen atoms in total. The molecule has 0 aromatic heterocycles. The van der Waals surface area contributed by atoms with Crippen LogP contribution in [-0.2, 0) is 10.9 Å². The number of fused-ring (bicyclic) bond motifs is 1. The minimum Gasteiger partial charge on any atom is -0.493 e. The quantitative estimate of drug-likeness (QED) is 0.595. The highest BCUT2D eigenvalue weighted by atomic mass is 35.5. The highest BCUT2D eigenvalue weighted by Gasteiger charge is 2.40. The Bertz CT molecular complexity index is 776. The molecule has 0 amide bonds. The van der Waals surface area contributed by atoms with Crippen LogP contribution in [0.4, 0.5) is 13.2 Å². The first-order valence-electron chi connectivity index (χ1n) is 9.70. The molecule has 1 aliphatic carbocycles. The maximum absolute atomic E-state index is 13.2. The molecule has 1 saturated heterocycles. The number of allylic oxidation sites excluding steroid dienone is 3. The van der Waals surface area contributed by atoms with Gasteiger partial charge in [-0.15, -0.1) is 24.8 Å². The van der Waals surface area contributed by atoms with Crippen LogP contribution < -0.4 is 5.32 Å². The Morgan fingerprint density at radius 3 is 2.50 bits per heavy atom. The van der Waals surface area contributed by atoms with E-state index >= 15 is 0 Å². The fraction of sp³-hybridized carbons (Fsp3) is 0.545. The zero-order chi connectivity index (χ0) is 20.5. The minimum absolute atomic E-state index is 0. The molecule has 1 heterocycles. The molecule has 0 saturated carbocycles. The van der Waals surface area contributed by atoms with Gasteiger partial charge < -0.3 is 15.0 Å². The number of rotatable bonds is 5. The summed E-state index contributed by atoms with van der Waals surface area (Å²) in [6, 6.07) is 5.80. The molecule has 0 bridgehead atoms. The predicted octanol–water partition coefficient (Wildman–Crippen LogP) is 5.77. The van der Waals surface area contributed by atoms with Crippen LogP contribution in [0.15, 0.2) is 47.9 Å². The third-order valence-corrected chi connectivity index (χ3v) is 5.42. The molecule has 1 aromatic rings. The van der Waals surface area contributed by atoms with Crippen LogP contribution in [-0.4, -0.2) is 37.7 Å². The molecule has 170 valence electrons. The van der Waals surface area contributed by atoms with Crippen LogP contribution in [0.25, 0.3) is 0 Å². The lowest BCUT2D eigenvalue weighted by atomic mass is 9.70. The summed E-state index contributed by atoms with van der Waals surface area (Å²) in [6.45, 7) is 5.62. The number of likely N-dealkylation sites (N-methyl/N-ethyl adjacent to an activating group) is 1. The van der Waals surface area contributed by atoms with E-state index in [1.165, 1.54) is 12.1 Å². The first-order valence-corrected chi connectivity index (χ1v) is 9.70. The van der Waals surface area contributed by atoms with Crippen molar-refractivity contribution in [1.29, 1.82) is 0 Å². The van der Waals surface area contributed by atoms with Crippen molar-refractivity contribution in [1.82, 2.24) is 10.2 Å². The highest BCUT2D eigenvalue weighted by Crippen LogP contribution is 2.45. The van der Waals surface area contributed by atoms with E-state index in [0.717, 1.165) is 42.5 Å². The molecular weight excluding hydrogens is 436 g/mol. The van der Waals surface area contributed by atoms with Crippen LogP contribution in [0.2, 0.25) is 0 Å². The van der Waals surface area contributed by atoms with Gasteiger partial charge in [0.25, 0.3) is 0 Å². The number of benzene rings is 1. The number of piperidine rings is 1. The number of ether oxygens (including phenoxy) is 1. The summed E-state index contributed by atoms with van der Waals surface area (Å²) in [5.41, 5.74) is 1.03. The summed E-state index contributed by atoms with van der Waals surface area (Å²) in [5.74, 6) is 1.00. The maximum Gasteiger partial charge on any atom is 0.416 e. The van der Waals surface area contributed by atoms with E-state index < -0.39 is 11.7 Å². The van der Waals surface area contributed by atoms with Crippen molar-refractivity contribution in [2.75, 3.05) is 27.2 Å².